The van der Waals surface area contributed by atoms with Crippen molar-refractivity contribution in [3.63, 3.8) is 0 Å². The van der Waals surface area contributed by atoms with Gasteiger partial charge in [0.05, 0.1) is 12.8 Å². The Morgan fingerprint density at radius 3 is 2.52 bits per heavy atom. The fourth-order valence-corrected chi connectivity index (χ4v) is 3.57. The van der Waals surface area contributed by atoms with Crippen molar-refractivity contribution in [2.75, 3.05) is 7.11 Å². The van der Waals surface area contributed by atoms with Crippen LogP contribution in [0.4, 0.5) is 17.6 Å². The minimum Gasteiger partial charge on any atom is -0.273 e. The number of aromatic nitrogens is 1. The third-order valence-electron chi connectivity index (χ3n) is 2.81. The van der Waals surface area contributed by atoms with E-state index >= 15 is 0 Å². The number of alkyl halides is 3. The lowest BCUT2D eigenvalue weighted by molar-refractivity contribution is -0.134. The molecule has 1 aromatic heterocycles. The summed E-state index contributed by atoms with van der Waals surface area (Å²) in [6.45, 7) is 0. The highest BCUT2D eigenvalue weighted by molar-refractivity contribution is 7.85. The topological polar surface area (TPSA) is 56.3 Å². The van der Waals surface area contributed by atoms with Gasteiger partial charge in [0.15, 0.2) is 0 Å². The first-order chi connectivity index (χ1) is 10.5. The molecule has 23 heavy (non-hydrogen) atoms. The molecule has 0 N–H and O–H groups in total. The van der Waals surface area contributed by atoms with E-state index in [2.05, 4.69) is 8.56 Å². The molecule has 0 aliphatic carbocycles. The zero-order valence-corrected chi connectivity index (χ0v) is 13.7. The number of hydrogen-bond acceptors (Lipinski definition) is 5. The normalized spacial score (nSPS) is 12.6. The number of nitrogens with zero attached hydrogens (tertiary/aromatic N) is 1. The Kier molecular flexibility index (Phi) is 5.00. The summed E-state index contributed by atoms with van der Waals surface area (Å²) < 4.78 is 83.9. The minimum absolute atomic E-state index is 0.0450. The van der Waals surface area contributed by atoms with E-state index in [0.29, 0.717) is 0 Å². The van der Waals surface area contributed by atoms with Gasteiger partial charge in [-0.15, -0.1) is 0 Å². The largest absolute Gasteiger partial charge is 0.427 e. The van der Waals surface area contributed by atoms with Gasteiger partial charge in [-0.05, 0) is 29.7 Å². The van der Waals surface area contributed by atoms with E-state index in [9.17, 15) is 26.0 Å². The van der Waals surface area contributed by atoms with Crippen molar-refractivity contribution in [3.8, 4) is 11.3 Å². The standard InChI is InChI=1S/C12H8ClF4NO3S2/c1-21-23(19,20)5-8-10(18-22-11(8)12(15,16)17)7-3-2-6(13)4-9(7)14/h2-4H,5H2,1H3. The lowest BCUT2D eigenvalue weighted by Gasteiger charge is -2.09. The molecule has 0 spiro atoms. The number of rotatable bonds is 4. The third-order valence-corrected chi connectivity index (χ3v) is 5.13. The maximum Gasteiger partial charge on any atom is 0.427 e. The summed E-state index contributed by atoms with van der Waals surface area (Å²) in [6, 6.07) is 3.30. The van der Waals surface area contributed by atoms with Crippen molar-refractivity contribution in [1.82, 2.24) is 4.37 Å². The number of hydrogen-bond donors (Lipinski definition) is 0. The van der Waals surface area contributed by atoms with Crippen molar-refractivity contribution in [3.05, 3.63) is 39.5 Å². The molecule has 0 amide bonds. The van der Waals surface area contributed by atoms with E-state index < -0.39 is 44.0 Å². The molecule has 0 unspecified atom stereocenters. The van der Waals surface area contributed by atoms with Crippen LogP contribution in [-0.2, 0) is 26.2 Å². The van der Waals surface area contributed by atoms with Gasteiger partial charge in [-0.1, -0.05) is 11.6 Å². The molecule has 126 valence electrons. The van der Waals surface area contributed by atoms with Gasteiger partial charge in [0.2, 0.25) is 0 Å². The first-order valence-corrected chi connectivity index (χ1v) is 8.57. The van der Waals surface area contributed by atoms with E-state index in [4.69, 9.17) is 11.6 Å². The van der Waals surface area contributed by atoms with Gasteiger partial charge < -0.3 is 0 Å². The maximum absolute atomic E-state index is 14.0. The zero-order valence-electron chi connectivity index (χ0n) is 11.3. The smallest absolute Gasteiger partial charge is 0.273 e. The Morgan fingerprint density at radius 1 is 1.35 bits per heavy atom. The van der Waals surface area contributed by atoms with Crippen LogP contribution in [0, 0.1) is 5.82 Å². The molecule has 0 atom stereocenters. The van der Waals surface area contributed by atoms with Crippen molar-refractivity contribution in [1.29, 1.82) is 0 Å². The van der Waals surface area contributed by atoms with E-state index in [1.165, 1.54) is 6.07 Å². The van der Waals surface area contributed by atoms with Crippen LogP contribution in [0.25, 0.3) is 11.3 Å². The Balaban J connectivity index is 2.67. The maximum atomic E-state index is 14.0. The summed E-state index contributed by atoms with van der Waals surface area (Å²) in [5, 5.41) is 0.0450. The molecular formula is C12H8ClF4NO3S2. The SMILES string of the molecule is COS(=O)(=O)Cc1c(-c2ccc(Cl)cc2F)nsc1C(F)(F)F. The van der Waals surface area contributed by atoms with E-state index in [1.807, 2.05) is 0 Å². The van der Waals surface area contributed by atoms with Crippen LogP contribution in [0.1, 0.15) is 10.4 Å². The van der Waals surface area contributed by atoms with Gasteiger partial charge in [-0.3, -0.25) is 4.18 Å². The minimum atomic E-state index is -4.82. The highest BCUT2D eigenvalue weighted by Crippen LogP contribution is 2.41. The second kappa shape index (κ2) is 6.34. The molecular weight excluding hydrogens is 382 g/mol. The monoisotopic (exact) mass is 389 g/mol. The molecule has 0 saturated carbocycles. The van der Waals surface area contributed by atoms with Crippen LogP contribution in [0.5, 0.6) is 0 Å². The van der Waals surface area contributed by atoms with E-state index in [1.54, 1.807) is 0 Å². The van der Waals surface area contributed by atoms with Crippen LogP contribution in [0.15, 0.2) is 18.2 Å². The summed E-state index contributed by atoms with van der Waals surface area (Å²) in [5.74, 6) is -1.99. The van der Waals surface area contributed by atoms with Gasteiger partial charge in [-0.25, -0.2) is 4.39 Å². The molecule has 4 nitrogen and oxygen atoms in total. The number of halogens is 5. The fraction of sp³-hybridized carbons (Fsp3) is 0.250. The molecule has 1 heterocycles. The first-order valence-electron chi connectivity index (χ1n) is 5.84. The average molecular weight is 390 g/mol. The summed E-state index contributed by atoms with van der Waals surface area (Å²) in [7, 11) is -3.43. The summed E-state index contributed by atoms with van der Waals surface area (Å²) in [6.07, 6.45) is -4.82. The predicted molar refractivity (Wildman–Crippen MR) is 77.2 cm³/mol. The number of benzene rings is 1. The van der Waals surface area contributed by atoms with Gasteiger partial charge in [0.1, 0.15) is 16.4 Å². The second-order valence-corrected chi connectivity index (χ2v) is 7.28. The van der Waals surface area contributed by atoms with Gasteiger partial charge >= 0.3 is 6.18 Å². The van der Waals surface area contributed by atoms with Crippen molar-refractivity contribution >= 4 is 33.3 Å². The predicted octanol–water partition coefficient (Wildman–Crippen LogP) is 4.10. The Hall–Kier alpha value is -1.23. The van der Waals surface area contributed by atoms with Crippen LogP contribution < -0.4 is 0 Å². The molecule has 1 aromatic carbocycles. The molecule has 0 fully saturated rings. The molecule has 0 saturated heterocycles. The van der Waals surface area contributed by atoms with Crippen molar-refractivity contribution in [2.24, 2.45) is 0 Å². The van der Waals surface area contributed by atoms with Crippen LogP contribution in [-0.4, -0.2) is 19.9 Å². The van der Waals surface area contributed by atoms with E-state index in [-0.39, 0.29) is 22.1 Å². The summed E-state index contributed by atoms with van der Waals surface area (Å²) in [5.41, 5.74) is -1.34. The Bertz CT molecular complexity index is 833. The molecule has 0 aliphatic heterocycles. The highest BCUT2D eigenvalue weighted by Gasteiger charge is 2.39. The molecule has 2 rings (SSSR count). The molecule has 11 heteroatoms. The van der Waals surface area contributed by atoms with Gasteiger partial charge in [-0.2, -0.15) is 26.0 Å². The lowest BCUT2D eigenvalue weighted by Crippen LogP contribution is -2.12. The Labute approximate surface area is 137 Å². The summed E-state index contributed by atoms with van der Waals surface area (Å²) in [4.78, 5) is -1.22. The molecule has 2 aromatic rings. The molecule has 0 radical (unpaired) electrons. The second-order valence-electron chi connectivity index (χ2n) is 4.33. The fourth-order valence-electron chi connectivity index (χ4n) is 1.79. The molecule has 0 aliphatic rings. The Morgan fingerprint density at radius 2 is 2.00 bits per heavy atom. The quantitative estimate of drug-likeness (QED) is 0.583. The van der Waals surface area contributed by atoms with Gasteiger partial charge in [0.25, 0.3) is 10.1 Å². The third kappa shape index (κ3) is 4.00. The first kappa shape index (κ1) is 18.1. The van der Waals surface area contributed by atoms with Crippen LogP contribution in [0.3, 0.4) is 0 Å². The van der Waals surface area contributed by atoms with E-state index in [0.717, 1.165) is 19.2 Å². The highest BCUT2D eigenvalue weighted by atomic mass is 35.5. The van der Waals surface area contributed by atoms with Gasteiger partial charge in [0, 0.05) is 16.1 Å². The van der Waals surface area contributed by atoms with Crippen molar-refractivity contribution in [2.45, 2.75) is 11.9 Å². The van der Waals surface area contributed by atoms with Crippen molar-refractivity contribution < 1.29 is 30.2 Å². The zero-order chi connectivity index (χ0) is 17.4. The summed E-state index contributed by atoms with van der Waals surface area (Å²) >= 11 is 5.64. The molecule has 0 bridgehead atoms. The lowest BCUT2D eigenvalue weighted by atomic mass is 10.1. The van der Waals surface area contributed by atoms with Crippen LogP contribution in [0.2, 0.25) is 5.02 Å². The van der Waals surface area contributed by atoms with Crippen LogP contribution >= 0.6 is 23.1 Å². The average Bonchev–Trinajstić information content (AvgIpc) is 2.81.